The fourth-order valence-corrected chi connectivity index (χ4v) is 7.74. The van der Waals surface area contributed by atoms with Crippen LogP contribution < -0.4 is 21.7 Å². The van der Waals surface area contributed by atoms with Crippen LogP contribution in [0.1, 0.15) is 91.9 Å². The molecule has 0 aliphatic heterocycles. The highest BCUT2D eigenvalue weighted by atomic mass is 32.2. The Kier molecular flexibility index (Phi) is 13.2. The lowest BCUT2D eigenvalue weighted by Crippen LogP contribution is -2.59. The minimum absolute atomic E-state index is 0.147. The van der Waals surface area contributed by atoms with Crippen molar-refractivity contribution >= 4 is 17.1 Å². The van der Waals surface area contributed by atoms with Crippen molar-refractivity contribution in [3.63, 3.8) is 0 Å². The summed E-state index contributed by atoms with van der Waals surface area (Å²) in [5.41, 5.74) is 5.47. The highest BCUT2D eigenvalue weighted by molar-refractivity contribution is 7.91. The summed E-state index contributed by atoms with van der Waals surface area (Å²) in [6, 6.07) is 1.10. The number of hydrogen-bond acceptors (Lipinski definition) is 6. The van der Waals surface area contributed by atoms with Crippen LogP contribution in [0.3, 0.4) is 0 Å². The van der Waals surface area contributed by atoms with Gasteiger partial charge in [0.1, 0.15) is 5.25 Å². The Hall–Kier alpha value is -0.380. The largest absolute Gasteiger partial charge is 0.616 e. The molecule has 0 aromatic heterocycles. The Morgan fingerprint density at radius 2 is 1.68 bits per heavy atom. The first kappa shape index (κ1) is 32.1. The molecule has 222 valence electrons. The second kappa shape index (κ2) is 15.6. The average Bonchev–Trinajstić information content (AvgIpc) is 3.28. The van der Waals surface area contributed by atoms with Crippen molar-refractivity contribution in [3.05, 3.63) is 0 Å². The molecular weight excluding hydrogens is 496 g/mol. The van der Waals surface area contributed by atoms with E-state index >= 15 is 0 Å². The summed E-state index contributed by atoms with van der Waals surface area (Å²) in [5, 5.41) is 11.7. The summed E-state index contributed by atoms with van der Waals surface area (Å²) in [5.74, 6) is 3.00. The van der Waals surface area contributed by atoms with Gasteiger partial charge in [0.05, 0.1) is 12.9 Å². The van der Waals surface area contributed by atoms with Crippen LogP contribution in [-0.2, 0) is 20.7 Å². The first-order valence-corrected chi connectivity index (χ1v) is 17.1. The van der Waals surface area contributed by atoms with Crippen LogP contribution >= 0.6 is 0 Å². The van der Waals surface area contributed by atoms with Gasteiger partial charge in [0.25, 0.3) is 0 Å². The Labute approximate surface area is 236 Å². The number of hydrogen-bond donors (Lipinski definition) is 4. The molecular formula is C30H58N4O3S. The second-order valence-corrected chi connectivity index (χ2v) is 15.4. The minimum atomic E-state index is -0.684. The zero-order valence-electron chi connectivity index (χ0n) is 24.9. The molecule has 3 rings (SSSR count). The number of primary amides is 1. The van der Waals surface area contributed by atoms with E-state index in [-0.39, 0.29) is 11.4 Å². The van der Waals surface area contributed by atoms with Gasteiger partial charge in [0, 0.05) is 37.1 Å². The molecule has 3 aliphatic rings. The van der Waals surface area contributed by atoms with E-state index in [0.717, 1.165) is 77.3 Å². The van der Waals surface area contributed by atoms with E-state index in [1.54, 1.807) is 0 Å². The van der Waals surface area contributed by atoms with Crippen LogP contribution in [0.4, 0.5) is 0 Å². The van der Waals surface area contributed by atoms with Crippen LogP contribution in [0.5, 0.6) is 0 Å². The maximum atomic E-state index is 11.7. The first-order valence-electron chi connectivity index (χ1n) is 15.4. The zero-order chi connectivity index (χ0) is 27.7. The van der Waals surface area contributed by atoms with Crippen molar-refractivity contribution in [1.82, 2.24) is 16.0 Å². The van der Waals surface area contributed by atoms with Gasteiger partial charge >= 0.3 is 0 Å². The summed E-state index contributed by atoms with van der Waals surface area (Å²) >= 11 is -0.684. The molecule has 0 saturated heterocycles. The summed E-state index contributed by atoms with van der Waals surface area (Å²) < 4.78 is 18.0. The Balaban J connectivity index is 1.28. The number of nitrogens with two attached hydrogens (primary N) is 1. The van der Waals surface area contributed by atoms with Gasteiger partial charge in [-0.15, -0.1) is 0 Å². The van der Waals surface area contributed by atoms with E-state index in [0.29, 0.717) is 47.4 Å². The Bertz CT molecular complexity index is 697. The molecule has 3 fully saturated rings. The predicted molar refractivity (Wildman–Crippen MR) is 158 cm³/mol. The molecule has 0 aromatic carbocycles. The second-order valence-electron chi connectivity index (χ2n) is 13.8. The number of ether oxygens (including phenoxy) is 1. The molecule has 0 heterocycles. The number of carbonyl (C=O) groups is 1. The van der Waals surface area contributed by atoms with Crippen molar-refractivity contribution in [3.8, 4) is 0 Å². The molecule has 1 amide bonds. The number of amides is 1. The number of nitrogens with one attached hydrogen (secondary N) is 3. The lowest BCUT2D eigenvalue weighted by molar-refractivity contribution is -0.119. The number of rotatable bonds is 19. The molecule has 5 atom stereocenters. The van der Waals surface area contributed by atoms with E-state index in [1.165, 1.54) is 19.3 Å². The third kappa shape index (κ3) is 10.9. The van der Waals surface area contributed by atoms with Gasteiger partial charge in [-0.25, -0.2) is 0 Å². The summed E-state index contributed by atoms with van der Waals surface area (Å²) in [6.45, 7) is 14.0. The SMILES string of the molecule is CC(C)CNC1(COCCC(C)CNC2CCC([S+](C)[O-])C2)CC(CC(C)CNC2CC(CC(N)=O)C2)C1. The summed E-state index contributed by atoms with van der Waals surface area (Å²) in [4.78, 5) is 11.1. The van der Waals surface area contributed by atoms with Crippen molar-refractivity contribution in [2.75, 3.05) is 39.1 Å². The van der Waals surface area contributed by atoms with Crippen LogP contribution in [0, 0.1) is 29.6 Å². The molecule has 3 aliphatic carbocycles. The summed E-state index contributed by atoms with van der Waals surface area (Å²) in [6.07, 6.45) is 12.7. The van der Waals surface area contributed by atoms with Crippen LogP contribution in [0.25, 0.3) is 0 Å². The molecule has 38 heavy (non-hydrogen) atoms. The quantitative estimate of drug-likeness (QED) is 0.143. The third-order valence-electron chi connectivity index (χ3n) is 9.20. The molecule has 0 aromatic rings. The van der Waals surface area contributed by atoms with Crippen LogP contribution in [-0.4, -0.2) is 72.4 Å². The maximum Gasteiger partial charge on any atom is 0.217 e. The molecule has 7 nitrogen and oxygen atoms in total. The lowest BCUT2D eigenvalue weighted by Gasteiger charge is -2.49. The molecule has 5 N–H and O–H groups in total. The normalized spacial score (nSPS) is 33.5. The van der Waals surface area contributed by atoms with E-state index in [4.69, 9.17) is 10.5 Å². The van der Waals surface area contributed by atoms with Gasteiger partial charge in [0.15, 0.2) is 0 Å². The van der Waals surface area contributed by atoms with Crippen molar-refractivity contribution in [1.29, 1.82) is 0 Å². The minimum Gasteiger partial charge on any atom is -0.616 e. The maximum absolute atomic E-state index is 11.7. The van der Waals surface area contributed by atoms with E-state index in [9.17, 15) is 9.35 Å². The van der Waals surface area contributed by atoms with Crippen molar-refractivity contribution < 1.29 is 14.1 Å². The smallest absolute Gasteiger partial charge is 0.217 e. The monoisotopic (exact) mass is 554 g/mol. The topological polar surface area (TPSA) is 111 Å². The van der Waals surface area contributed by atoms with Crippen molar-refractivity contribution in [2.45, 2.75) is 115 Å². The average molecular weight is 555 g/mol. The van der Waals surface area contributed by atoms with Gasteiger partial charge in [-0.1, -0.05) is 38.9 Å². The first-order chi connectivity index (χ1) is 18.0. The highest BCUT2D eigenvalue weighted by Crippen LogP contribution is 2.42. The van der Waals surface area contributed by atoms with Gasteiger partial charge in [-0.05, 0) is 101 Å². The molecule has 5 unspecified atom stereocenters. The van der Waals surface area contributed by atoms with Gasteiger partial charge in [0.2, 0.25) is 5.91 Å². The summed E-state index contributed by atoms with van der Waals surface area (Å²) in [7, 11) is 0. The van der Waals surface area contributed by atoms with Crippen LogP contribution in [0.2, 0.25) is 0 Å². The predicted octanol–water partition coefficient (Wildman–Crippen LogP) is 3.58. The van der Waals surface area contributed by atoms with Gasteiger partial charge in [-0.2, -0.15) is 0 Å². The van der Waals surface area contributed by atoms with E-state index in [1.807, 2.05) is 6.26 Å². The van der Waals surface area contributed by atoms with E-state index < -0.39 is 11.2 Å². The molecule has 0 radical (unpaired) electrons. The Morgan fingerprint density at radius 3 is 2.32 bits per heavy atom. The Morgan fingerprint density at radius 1 is 1.00 bits per heavy atom. The van der Waals surface area contributed by atoms with E-state index in [2.05, 4.69) is 43.6 Å². The molecule has 0 spiro atoms. The van der Waals surface area contributed by atoms with Crippen LogP contribution in [0.15, 0.2) is 0 Å². The fourth-order valence-electron chi connectivity index (χ4n) is 6.77. The van der Waals surface area contributed by atoms with Gasteiger partial charge < -0.3 is 31.0 Å². The number of carbonyl (C=O) groups excluding carboxylic acids is 1. The molecule has 8 heteroatoms. The molecule has 3 saturated carbocycles. The highest BCUT2D eigenvalue weighted by Gasteiger charge is 2.44. The van der Waals surface area contributed by atoms with Gasteiger partial charge in [-0.3, -0.25) is 4.79 Å². The lowest BCUT2D eigenvalue weighted by atomic mass is 9.65. The zero-order valence-corrected chi connectivity index (χ0v) is 25.8. The fraction of sp³-hybridized carbons (Fsp3) is 0.967. The molecule has 0 bridgehead atoms. The third-order valence-corrected chi connectivity index (χ3v) is 10.6. The standard InChI is InChI=1S/C30H58N4O3S/c1-21(2)17-34-30(20-37-9-8-22(3)18-32-26-6-7-28(14-26)38(5)36)15-25(16-30)10-23(4)19-33-27-11-24(12-27)13-29(31)35/h21-28,32-34H,6-20H2,1-5H3,(H2,31,35). The van der Waals surface area contributed by atoms with Crippen molar-refractivity contribution in [2.24, 2.45) is 35.3 Å².